The van der Waals surface area contributed by atoms with Crippen LogP contribution >= 0.6 is 11.8 Å². The van der Waals surface area contributed by atoms with Crippen LogP contribution in [0.2, 0.25) is 0 Å². The van der Waals surface area contributed by atoms with E-state index in [0.717, 1.165) is 24.6 Å². The van der Waals surface area contributed by atoms with Crippen molar-refractivity contribution in [1.82, 2.24) is 5.32 Å². The number of carbonyl (C=O) groups excluding carboxylic acids is 2. The van der Waals surface area contributed by atoms with Gasteiger partial charge < -0.3 is 15.0 Å². The van der Waals surface area contributed by atoms with E-state index in [2.05, 4.69) is 5.32 Å². The van der Waals surface area contributed by atoms with E-state index in [-0.39, 0.29) is 18.3 Å². The topological polar surface area (TPSA) is 61.9 Å². The number of carbonyl (C=O) groups is 2. The smallest absolute Gasteiger partial charge is 0.414 e. The zero-order valence-electron chi connectivity index (χ0n) is 14.2. The number of hydrogen-bond acceptors (Lipinski definition) is 5. The van der Waals surface area contributed by atoms with Crippen LogP contribution in [0.25, 0.3) is 0 Å². The van der Waals surface area contributed by atoms with Gasteiger partial charge in [0, 0.05) is 31.0 Å². The highest BCUT2D eigenvalue weighted by Crippen LogP contribution is 2.29. The third kappa shape index (κ3) is 4.18. The molecule has 136 valence electrons. The number of ether oxygens (including phenoxy) is 1. The van der Waals surface area contributed by atoms with Crippen LogP contribution in [0.3, 0.4) is 0 Å². The quantitative estimate of drug-likeness (QED) is 0.865. The Kier molecular flexibility index (Phi) is 5.67. The van der Waals surface area contributed by atoms with Gasteiger partial charge in [0.05, 0.1) is 24.5 Å². The molecule has 0 saturated carbocycles. The normalized spacial score (nSPS) is 20.6. The lowest BCUT2D eigenvalue weighted by Gasteiger charge is -2.29. The van der Waals surface area contributed by atoms with Gasteiger partial charge in [-0.15, -0.1) is 0 Å². The number of halogens is 1. The molecule has 25 heavy (non-hydrogen) atoms. The second-order valence-electron chi connectivity index (χ2n) is 6.01. The fourth-order valence-corrected chi connectivity index (χ4v) is 3.82. The van der Waals surface area contributed by atoms with E-state index < -0.39 is 12.2 Å². The van der Waals surface area contributed by atoms with Crippen molar-refractivity contribution in [3.8, 4) is 0 Å². The largest absolute Gasteiger partial charge is 0.442 e. The Balaban J connectivity index is 1.66. The third-order valence-electron chi connectivity index (χ3n) is 4.32. The van der Waals surface area contributed by atoms with Gasteiger partial charge in [-0.3, -0.25) is 9.69 Å². The van der Waals surface area contributed by atoms with Gasteiger partial charge >= 0.3 is 6.09 Å². The summed E-state index contributed by atoms with van der Waals surface area (Å²) in [6.45, 7) is 3.97. The number of rotatable bonds is 5. The maximum absolute atomic E-state index is 14.5. The molecule has 2 aliphatic heterocycles. The summed E-state index contributed by atoms with van der Waals surface area (Å²) in [6.07, 6.45) is -0.561. The maximum atomic E-state index is 14.5. The molecule has 0 radical (unpaired) electrons. The molecule has 0 unspecified atom stereocenters. The van der Waals surface area contributed by atoms with Crippen LogP contribution in [0.4, 0.5) is 20.6 Å². The summed E-state index contributed by atoms with van der Waals surface area (Å²) in [7, 11) is 0. The summed E-state index contributed by atoms with van der Waals surface area (Å²) in [6, 6.07) is 4.85. The number of cyclic esters (lactones) is 1. The molecule has 8 heteroatoms. The van der Waals surface area contributed by atoms with Crippen LogP contribution in [0.15, 0.2) is 18.2 Å². The summed E-state index contributed by atoms with van der Waals surface area (Å²) in [5.74, 6) is 1.56. The van der Waals surface area contributed by atoms with Gasteiger partial charge in [-0.1, -0.05) is 6.92 Å². The predicted molar refractivity (Wildman–Crippen MR) is 96.9 cm³/mol. The van der Waals surface area contributed by atoms with Gasteiger partial charge in [0.25, 0.3) is 0 Å². The van der Waals surface area contributed by atoms with Crippen LogP contribution < -0.4 is 15.1 Å². The van der Waals surface area contributed by atoms with Crippen molar-refractivity contribution in [3.05, 3.63) is 24.0 Å². The Morgan fingerprint density at radius 3 is 2.84 bits per heavy atom. The number of anilines is 2. The van der Waals surface area contributed by atoms with E-state index in [1.807, 2.05) is 16.7 Å². The average molecular weight is 367 g/mol. The Morgan fingerprint density at radius 1 is 1.40 bits per heavy atom. The number of nitrogens with zero attached hydrogens (tertiary/aromatic N) is 2. The molecule has 2 amide bonds. The monoisotopic (exact) mass is 367 g/mol. The molecule has 1 atom stereocenters. The number of amides is 2. The fraction of sp³-hybridized carbons (Fsp3) is 0.529. The Hall–Kier alpha value is -1.96. The lowest BCUT2D eigenvalue weighted by Crippen LogP contribution is -2.34. The molecule has 2 fully saturated rings. The highest BCUT2D eigenvalue weighted by molar-refractivity contribution is 7.99. The molecule has 0 spiro atoms. The Morgan fingerprint density at radius 2 is 2.16 bits per heavy atom. The van der Waals surface area contributed by atoms with E-state index in [1.165, 1.54) is 11.0 Å². The Labute approximate surface area is 150 Å². The minimum absolute atomic E-state index is 0.0930. The molecule has 0 aliphatic carbocycles. The lowest BCUT2D eigenvalue weighted by atomic mass is 10.2. The van der Waals surface area contributed by atoms with Crippen LogP contribution in [0.1, 0.15) is 13.3 Å². The summed E-state index contributed by atoms with van der Waals surface area (Å²) in [4.78, 5) is 26.8. The minimum Gasteiger partial charge on any atom is -0.442 e. The summed E-state index contributed by atoms with van der Waals surface area (Å²) >= 11 is 1.87. The minimum atomic E-state index is -0.516. The molecule has 2 heterocycles. The lowest BCUT2D eigenvalue weighted by molar-refractivity contribution is -0.121. The predicted octanol–water partition coefficient (Wildman–Crippen LogP) is 2.23. The van der Waals surface area contributed by atoms with Crippen molar-refractivity contribution in [2.75, 3.05) is 47.5 Å². The molecular weight excluding hydrogens is 345 g/mol. The van der Waals surface area contributed by atoms with Gasteiger partial charge in [-0.05, 0) is 18.2 Å². The van der Waals surface area contributed by atoms with Crippen molar-refractivity contribution in [3.63, 3.8) is 0 Å². The Bertz CT molecular complexity index is 652. The van der Waals surface area contributed by atoms with Crippen molar-refractivity contribution < 1.29 is 18.7 Å². The molecular formula is C17H22FN3O3S. The zero-order valence-corrected chi connectivity index (χ0v) is 15.0. The molecule has 0 aromatic heterocycles. The summed E-state index contributed by atoms with van der Waals surface area (Å²) in [5, 5.41) is 2.70. The van der Waals surface area contributed by atoms with Crippen molar-refractivity contribution in [1.29, 1.82) is 0 Å². The van der Waals surface area contributed by atoms with Gasteiger partial charge in [-0.25, -0.2) is 9.18 Å². The number of benzene rings is 1. The first-order chi connectivity index (χ1) is 12.1. The van der Waals surface area contributed by atoms with Gasteiger partial charge in [0.2, 0.25) is 5.91 Å². The second kappa shape index (κ2) is 7.95. The van der Waals surface area contributed by atoms with Crippen molar-refractivity contribution in [2.45, 2.75) is 19.4 Å². The molecule has 6 nitrogen and oxygen atoms in total. The molecule has 2 aliphatic rings. The van der Waals surface area contributed by atoms with Gasteiger partial charge in [0.1, 0.15) is 11.9 Å². The highest BCUT2D eigenvalue weighted by atomic mass is 32.2. The molecule has 1 N–H and O–H groups in total. The first-order valence-electron chi connectivity index (χ1n) is 8.45. The van der Waals surface area contributed by atoms with E-state index >= 15 is 0 Å². The van der Waals surface area contributed by atoms with E-state index in [9.17, 15) is 14.0 Å². The van der Waals surface area contributed by atoms with E-state index in [4.69, 9.17) is 4.74 Å². The maximum Gasteiger partial charge on any atom is 0.414 e. The zero-order chi connectivity index (χ0) is 17.8. The van der Waals surface area contributed by atoms with Crippen molar-refractivity contribution >= 4 is 35.1 Å². The second-order valence-corrected chi connectivity index (χ2v) is 7.23. The first-order valence-corrected chi connectivity index (χ1v) is 9.61. The molecule has 2 saturated heterocycles. The molecule has 0 bridgehead atoms. The highest BCUT2D eigenvalue weighted by Gasteiger charge is 2.33. The van der Waals surface area contributed by atoms with Gasteiger partial charge in [0.15, 0.2) is 0 Å². The van der Waals surface area contributed by atoms with E-state index in [0.29, 0.717) is 24.3 Å². The number of nitrogens with one attached hydrogen (secondary N) is 1. The van der Waals surface area contributed by atoms with Crippen LogP contribution in [0.5, 0.6) is 0 Å². The summed E-state index contributed by atoms with van der Waals surface area (Å²) in [5.41, 5.74) is 1.05. The SMILES string of the molecule is CCC(=O)NC[C@H]1CN(c2ccc(N3CCSCC3)c(F)c2)C(=O)O1. The number of thioether (sulfide) groups is 1. The molecule has 1 aromatic carbocycles. The van der Waals surface area contributed by atoms with Gasteiger partial charge in [-0.2, -0.15) is 11.8 Å². The number of hydrogen-bond donors (Lipinski definition) is 1. The van der Waals surface area contributed by atoms with Crippen molar-refractivity contribution in [2.24, 2.45) is 0 Å². The average Bonchev–Trinajstić information content (AvgIpc) is 3.01. The third-order valence-corrected chi connectivity index (χ3v) is 5.26. The summed E-state index contributed by atoms with van der Waals surface area (Å²) < 4.78 is 19.8. The molecule has 3 rings (SSSR count). The first kappa shape index (κ1) is 17.8. The van der Waals surface area contributed by atoms with Crippen LogP contribution in [-0.4, -0.2) is 55.8 Å². The van der Waals surface area contributed by atoms with Crippen LogP contribution in [-0.2, 0) is 9.53 Å². The fourth-order valence-electron chi connectivity index (χ4n) is 2.92. The standard InChI is InChI=1S/C17H22FN3O3S/c1-2-16(22)19-10-13-11-21(17(23)24-13)12-3-4-15(14(18)9-12)20-5-7-25-8-6-20/h3-4,9,13H,2,5-8,10-11H2,1H3,(H,19,22)/t13-/m0/s1. The molecule has 1 aromatic rings. The van der Waals surface area contributed by atoms with E-state index in [1.54, 1.807) is 19.1 Å². The van der Waals surface area contributed by atoms with Crippen LogP contribution in [0, 0.1) is 5.82 Å².